The number of likely N-dealkylation sites (N-methyl/N-ethyl adjacent to an activating group) is 1. The minimum absolute atomic E-state index is 0.119. The predicted octanol–water partition coefficient (Wildman–Crippen LogP) is 3.70. The van der Waals surface area contributed by atoms with E-state index in [2.05, 4.69) is 18.7 Å². The molecule has 0 aliphatic heterocycles. The fourth-order valence-electron chi connectivity index (χ4n) is 3.27. The van der Waals surface area contributed by atoms with Gasteiger partial charge < -0.3 is 9.64 Å². The third-order valence-electron chi connectivity index (χ3n) is 5.11. The van der Waals surface area contributed by atoms with Crippen molar-refractivity contribution in [3.63, 3.8) is 0 Å². The number of benzene rings is 2. The number of para-hydroxylation sites is 1. The lowest BCUT2D eigenvalue weighted by molar-refractivity contribution is 0.0983. The van der Waals surface area contributed by atoms with Gasteiger partial charge in [-0.15, -0.1) is 0 Å². The molecule has 0 atom stereocenters. The first-order valence-electron chi connectivity index (χ1n) is 10.1. The summed E-state index contributed by atoms with van der Waals surface area (Å²) in [5.74, 6) is 0.367. The van der Waals surface area contributed by atoms with Crippen molar-refractivity contribution in [1.82, 2.24) is 9.88 Å². The minimum Gasteiger partial charge on any atom is -0.494 e. The number of amides is 1. The Morgan fingerprint density at radius 1 is 1.10 bits per heavy atom. The van der Waals surface area contributed by atoms with Crippen molar-refractivity contribution in [2.24, 2.45) is 0 Å². The maximum Gasteiger partial charge on any atom is 0.260 e. The Kier molecular flexibility index (Phi) is 7.30. The minimum atomic E-state index is -3.42. The summed E-state index contributed by atoms with van der Waals surface area (Å²) in [6.07, 6.45) is 1.13. The first kappa shape index (κ1) is 23.2. The molecule has 0 saturated heterocycles. The van der Waals surface area contributed by atoms with Gasteiger partial charge in [-0.2, -0.15) is 0 Å². The molecule has 0 bridgehead atoms. The number of thiazole rings is 1. The second kappa shape index (κ2) is 9.76. The largest absolute Gasteiger partial charge is 0.494 e. The molecule has 2 aromatic carbocycles. The van der Waals surface area contributed by atoms with Crippen LogP contribution in [-0.4, -0.2) is 63.8 Å². The molecule has 3 aromatic rings. The van der Waals surface area contributed by atoms with E-state index in [1.54, 1.807) is 24.1 Å². The third kappa shape index (κ3) is 5.23. The predicted molar refractivity (Wildman–Crippen MR) is 125 cm³/mol. The number of sulfone groups is 1. The maximum atomic E-state index is 13.5. The Bertz CT molecular complexity index is 1170. The lowest BCUT2D eigenvalue weighted by atomic mass is 10.2. The number of methoxy groups -OCH3 is 1. The van der Waals surface area contributed by atoms with Gasteiger partial charge in [-0.1, -0.05) is 37.3 Å². The highest BCUT2D eigenvalue weighted by atomic mass is 32.2. The van der Waals surface area contributed by atoms with Crippen molar-refractivity contribution in [3.05, 3.63) is 48.0 Å². The molecule has 3 rings (SSSR count). The third-order valence-corrected chi connectivity index (χ3v) is 7.26. The standard InChI is InChI=1S/C22H27N3O4S2/c1-5-24(6-2)13-14-25(21(26)16-9-7-10-17(15-16)31(4,27)28)22-23-20-18(29-3)11-8-12-19(20)30-22/h7-12,15H,5-6,13-14H2,1-4H3. The van der Waals surface area contributed by atoms with Gasteiger partial charge in [0.1, 0.15) is 11.3 Å². The number of fused-ring (bicyclic) bond motifs is 1. The van der Waals surface area contributed by atoms with Gasteiger partial charge in [0.2, 0.25) is 0 Å². The van der Waals surface area contributed by atoms with E-state index in [4.69, 9.17) is 9.72 Å². The van der Waals surface area contributed by atoms with Crippen LogP contribution in [0.1, 0.15) is 24.2 Å². The van der Waals surface area contributed by atoms with Crippen LogP contribution in [0.15, 0.2) is 47.4 Å². The molecule has 166 valence electrons. The summed E-state index contributed by atoms with van der Waals surface area (Å²) in [5, 5.41) is 0.557. The molecule has 1 heterocycles. The van der Waals surface area contributed by atoms with Crippen molar-refractivity contribution in [2.45, 2.75) is 18.7 Å². The molecule has 0 N–H and O–H groups in total. The Morgan fingerprint density at radius 3 is 2.45 bits per heavy atom. The fourth-order valence-corrected chi connectivity index (χ4v) is 4.95. The number of ether oxygens (including phenoxy) is 1. The van der Waals surface area contributed by atoms with Gasteiger partial charge in [0.05, 0.1) is 16.7 Å². The van der Waals surface area contributed by atoms with Crippen LogP contribution < -0.4 is 9.64 Å². The Balaban J connectivity index is 2.03. The molecule has 7 nitrogen and oxygen atoms in total. The number of carbonyl (C=O) groups is 1. The molecular formula is C22H27N3O4S2. The van der Waals surface area contributed by atoms with Gasteiger partial charge in [0.25, 0.3) is 5.91 Å². The van der Waals surface area contributed by atoms with Crippen LogP contribution in [0.2, 0.25) is 0 Å². The molecule has 0 spiro atoms. The highest BCUT2D eigenvalue weighted by molar-refractivity contribution is 7.90. The summed E-state index contributed by atoms with van der Waals surface area (Å²) in [7, 11) is -1.83. The van der Waals surface area contributed by atoms with Crippen LogP contribution in [-0.2, 0) is 9.84 Å². The van der Waals surface area contributed by atoms with Gasteiger partial charge in [-0.25, -0.2) is 13.4 Å². The molecule has 0 fully saturated rings. The summed E-state index contributed by atoms with van der Waals surface area (Å²) in [6.45, 7) is 7.01. The van der Waals surface area contributed by atoms with E-state index >= 15 is 0 Å². The number of rotatable bonds is 9. The van der Waals surface area contributed by atoms with Crippen LogP contribution in [0.25, 0.3) is 10.2 Å². The van der Waals surface area contributed by atoms with E-state index < -0.39 is 9.84 Å². The molecule has 0 aliphatic rings. The normalized spacial score (nSPS) is 11.8. The highest BCUT2D eigenvalue weighted by Crippen LogP contribution is 2.34. The van der Waals surface area contributed by atoms with E-state index in [0.29, 0.717) is 35.1 Å². The zero-order chi connectivity index (χ0) is 22.6. The summed E-state index contributed by atoms with van der Waals surface area (Å²) in [5.41, 5.74) is 1.02. The number of hydrogen-bond acceptors (Lipinski definition) is 7. The van der Waals surface area contributed by atoms with Crippen LogP contribution in [0.3, 0.4) is 0 Å². The topological polar surface area (TPSA) is 79.8 Å². The van der Waals surface area contributed by atoms with Crippen LogP contribution in [0.5, 0.6) is 5.75 Å². The zero-order valence-electron chi connectivity index (χ0n) is 18.2. The second-order valence-corrected chi connectivity index (χ2v) is 10.1. The number of hydrogen-bond donors (Lipinski definition) is 0. The SMILES string of the molecule is CCN(CC)CCN(C(=O)c1cccc(S(C)(=O)=O)c1)c1nc2c(OC)cccc2s1. The summed E-state index contributed by atoms with van der Waals surface area (Å²) in [6, 6.07) is 11.8. The number of nitrogens with zero attached hydrogens (tertiary/aromatic N) is 3. The Hall–Kier alpha value is -2.49. The molecule has 1 aromatic heterocycles. The van der Waals surface area contributed by atoms with E-state index in [-0.39, 0.29) is 10.8 Å². The lowest BCUT2D eigenvalue weighted by Crippen LogP contribution is -2.38. The van der Waals surface area contributed by atoms with E-state index in [9.17, 15) is 13.2 Å². The van der Waals surface area contributed by atoms with Gasteiger partial charge >= 0.3 is 0 Å². The summed E-state index contributed by atoms with van der Waals surface area (Å²) >= 11 is 1.41. The van der Waals surface area contributed by atoms with Gasteiger partial charge in [0.15, 0.2) is 15.0 Å². The van der Waals surface area contributed by atoms with E-state index in [1.807, 2.05) is 18.2 Å². The van der Waals surface area contributed by atoms with Crippen molar-refractivity contribution < 1.29 is 17.9 Å². The Morgan fingerprint density at radius 2 is 1.81 bits per heavy atom. The van der Waals surface area contributed by atoms with Crippen LogP contribution >= 0.6 is 11.3 Å². The summed E-state index contributed by atoms with van der Waals surface area (Å²) < 4.78 is 30.3. The lowest BCUT2D eigenvalue weighted by Gasteiger charge is -2.24. The fraction of sp³-hybridized carbons (Fsp3) is 0.364. The highest BCUT2D eigenvalue weighted by Gasteiger charge is 2.23. The molecule has 0 radical (unpaired) electrons. The second-order valence-electron chi connectivity index (χ2n) is 7.09. The number of anilines is 1. The summed E-state index contributed by atoms with van der Waals surface area (Å²) in [4.78, 5) is 22.2. The average Bonchev–Trinajstić information content (AvgIpc) is 3.20. The average molecular weight is 462 g/mol. The number of aromatic nitrogens is 1. The monoisotopic (exact) mass is 461 g/mol. The molecule has 0 saturated carbocycles. The first-order chi connectivity index (χ1) is 14.8. The van der Waals surface area contributed by atoms with Gasteiger partial charge in [0, 0.05) is 24.9 Å². The smallest absolute Gasteiger partial charge is 0.260 e. The van der Waals surface area contributed by atoms with Crippen LogP contribution in [0.4, 0.5) is 5.13 Å². The van der Waals surface area contributed by atoms with Gasteiger partial charge in [-0.3, -0.25) is 9.69 Å². The number of carbonyl (C=O) groups excluding carboxylic acids is 1. The molecule has 0 aliphatic carbocycles. The molecule has 31 heavy (non-hydrogen) atoms. The van der Waals surface area contributed by atoms with E-state index in [1.165, 1.54) is 23.5 Å². The van der Waals surface area contributed by atoms with Crippen molar-refractivity contribution in [3.8, 4) is 5.75 Å². The first-order valence-corrected chi connectivity index (χ1v) is 12.8. The molecule has 0 unspecified atom stereocenters. The maximum absolute atomic E-state index is 13.5. The van der Waals surface area contributed by atoms with Gasteiger partial charge in [-0.05, 0) is 43.4 Å². The molecular weight excluding hydrogens is 434 g/mol. The van der Waals surface area contributed by atoms with Crippen molar-refractivity contribution in [1.29, 1.82) is 0 Å². The van der Waals surface area contributed by atoms with E-state index in [0.717, 1.165) is 24.0 Å². The van der Waals surface area contributed by atoms with Crippen molar-refractivity contribution >= 4 is 42.4 Å². The molecule has 1 amide bonds. The van der Waals surface area contributed by atoms with Crippen LogP contribution in [0, 0.1) is 0 Å². The quantitative estimate of drug-likeness (QED) is 0.483. The zero-order valence-corrected chi connectivity index (χ0v) is 19.8. The van der Waals surface area contributed by atoms with Crippen molar-refractivity contribution in [2.75, 3.05) is 44.4 Å². The molecule has 9 heteroatoms. The Labute approximate surface area is 187 Å².